The van der Waals surface area contributed by atoms with Gasteiger partial charge in [-0.15, -0.1) is 0 Å². The molecule has 19 nitrogen and oxygen atoms in total. The van der Waals surface area contributed by atoms with Crippen LogP contribution in [0.2, 0.25) is 0 Å². The predicted molar refractivity (Wildman–Crippen MR) is 271 cm³/mol. The van der Waals surface area contributed by atoms with Crippen LogP contribution in [0.3, 0.4) is 0 Å². The number of carbonyl (C=O) groups excluding carboxylic acids is 6. The Bertz CT molecular complexity index is 3240. The molecule has 0 saturated heterocycles. The third-order valence-corrected chi connectivity index (χ3v) is 11.3. The van der Waals surface area contributed by atoms with Gasteiger partial charge in [-0.3, -0.25) is 34.2 Å². The Morgan fingerprint density at radius 1 is 0.289 bits per heavy atom. The quantitative estimate of drug-likeness (QED) is 0.0502. The highest BCUT2D eigenvalue weighted by Crippen LogP contribution is 2.17. The Morgan fingerprint density at radius 3 is 0.842 bits per heavy atom. The predicted octanol–water partition coefficient (Wildman–Crippen LogP) is 7.42. The minimum absolute atomic E-state index is 0.135. The maximum Gasteiger partial charge on any atom is 0.357 e. The first kappa shape index (κ1) is 51.0. The molecular weight excluding hydrogens is 975 g/mol. The van der Waals surface area contributed by atoms with E-state index in [4.69, 9.17) is 28.4 Å². The van der Waals surface area contributed by atoms with E-state index in [0.29, 0.717) is 50.7 Å². The molecule has 0 saturated carbocycles. The Hall–Kier alpha value is -9.88. The lowest BCUT2D eigenvalue weighted by Gasteiger charge is -2.19. The summed E-state index contributed by atoms with van der Waals surface area (Å²) in [5.41, 5.74) is 4.49. The van der Waals surface area contributed by atoms with E-state index in [0.717, 1.165) is 16.2 Å². The molecule has 6 heterocycles. The molecule has 0 aliphatic heterocycles. The van der Waals surface area contributed by atoms with Crippen LogP contribution in [0.1, 0.15) is 65.6 Å². The fraction of sp³-hybridized carbons (Fsp3) is 0.158. The number of aromatic nitrogens is 6. The van der Waals surface area contributed by atoms with Gasteiger partial charge in [-0.2, -0.15) is 0 Å². The van der Waals surface area contributed by atoms with Crippen LogP contribution < -0.4 is 0 Å². The average molecular weight is 1020 g/mol. The Labute approximate surface area is 433 Å². The molecular formula is C57H45N7O12. The van der Waals surface area contributed by atoms with E-state index in [1.54, 1.807) is 109 Å². The van der Waals surface area contributed by atoms with Crippen molar-refractivity contribution in [3.63, 3.8) is 0 Å². The van der Waals surface area contributed by atoms with E-state index in [1.807, 2.05) is 54.6 Å². The summed E-state index contributed by atoms with van der Waals surface area (Å²) >= 11 is 0. The maximum atomic E-state index is 13.3. The monoisotopic (exact) mass is 1020 g/mol. The highest BCUT2D eigenvalue weighted by Gasteiger charge is 2.22. The van der Waals surface area contributed by atoms with Crippen molar-refractivity contribution in [1.82, 2.24) is 34.8 Å². The summed E-state index contributed by atoms with van der Waals surface area (Å²) in [6, 6.07) is 46.9. The number of benzene rings is 3. The lowest BCUT2D eigenvalue weighted by atomic mass is 10.2. The lowest BCUT2D eigenvalue weighted by Crippen LogP contribution is -2.40. The first-order valence-corrected chi connectivity index (χ1v) is 23.7. The van der Waals surface area contributed by atoms with Crippen LogP contribution in [0.5, 0.6) is 0 Å². The second-order valence-corrected chi connectivity index (χ2v) is 16.9. The molecule has 0 aliphatic rings. The first-order chi connectivity index (χ1) is 37.1. The summed E-state index contributed by atoms with van der Waals surface area (Å²) < 4.78 is 32.9. The first-order valence-electron chi connectivity index (χ1n) is 23.7. The maximum absolute atomic E-state index is 13.3. The smallest absolute Gasteiger partial charge is 0.357 e. The van der Waals surface area contributed by atoms with E-state index < -0.39 is 55.5 Å². The van der Waals surface area contributed by atoms with Crippen LogP contribution in [0.4, 0.5) is 0 Å². The number of fused-ring (bicyclic) bond motifs is 3. The topological polar surface area (TPSA) is 238 Å². The summed E-state index contributed by atoms with van der Waals surface area (Å²) in [5, 5.41) is 2.63. The molecule has 9 aromatic rings. The van der Waals surface area contributed by atoms with Gasteiger partial charge in [0.15, 0.2) is 0 Å². The molecule has 19 heteroatoms. The van der Waals surface area contributed by atoms with Gasteiger partial charge in [-0.25, -0.2) is 29.3 Å². The number of hydrogen-bond acceptors (Lipinski definition) is 19. The van der Waals surface area contributed by atoms with Crippen molar-refractivity contribution < 1.29 is 57.2 Å². The van der Waals surface area contributed by atoms with E-state index in [2.05, 4.69) is 29.9 Å². The van der Waals surface area contributed by atoms with E-state index in [-0.39, 0.29) is 56.7 Å². The lowest BCUT2D eigenvalue weighted by molar-refractivity contribution is -0.153. The molecule has 6 aromatic heterocycles. The molecule has 0 atom stereocenters. The highest BCUT2D eigenvalue weighted by atomic mass is 16.6. The SMILES string of the molecule is O=C(CN(CC(=O)OCc1cccc(COC(=O)c2ccc3ccccc3n2)n1)CC(=O)OCc1cccc(COC(=O)c2ccc3ccccc3n2)n1)OCc1cccc(COC(=O)c2ccc3ccccc3n2)n1. The molecule has 0 amide bonds. The number of rotatable bonds is 21. The highest BCUT2D eigenvalue weighted by molar-refractivity contribution is 5.92. The molecule has 9 rings (SSSR count). The van der Waals surface area contributed by atoms with E-state index >= 15 is 0 Å². The molecule has 0 bridgehead atoms. The van der Waals surface area contributed by atoms with Crippen LogP contribution in [0.25, 0.3) is 32.7 Å². The fourth-order valence-corrected chi connectivity index (χ4v) is 7.57. The van der Waals surface area contributed by atoms with Gasteiger partial charge < -0.3 is 28.4 Å². The van der Waals surface area contributed by atoms with Gasteiger partial charge in [0.05, 0.1) is 70.3 Å². The van der Waals surface area contributed by atoms with Crippen LogP contribution in [-0.2, 0) is 82.4 Å². The van der Waals surface area contributed by atoms with Crippen LogP contribution in [0.15, 0.2) is 164 Å². The number of esters is 6. The zero-order valence-electron chi connectivity index (χ0n) is 40.5. The third-order valence-electron chi connectivity index (χ3n) is 11.3. The normalized spacial score (nSPS) is 11.0. The van der Waals surface area contributed by atoms with Crippen LogP contribution in [0, 0.1) is 0 Å². The second kappa shape index (κ2) is 24.7. The van der Waals surface area contributed by atoms with Crippen molar-refractivity contribution >= 4 is 68.5 Å². The van der Waals surface area contributed by atoms with Gasteiger partial charge >= 0.3 is 35.8 Å². The van der Waals surface area contributed by atoms with Gasteiger partial charge in [0, 0.05) is 16.2 Å². The Balaban J connectivity index is 0.788. The van der Waals surface area contributed by atoms with Crippen molar-refractivity contribution in [2.75, 3.05) is 19.6 Å². The fourth-order valence-electron chi connectivity index (χ4n) is 7.57. The minimum atomic E-state index is -0.813. The van der Waals surface area contributed by atoms with Gasteiger partial charge in [0.25, 0.3) is 0 Å². The van der Waals surface area contributed by atoms with E-state index in [9.17, 15) is 28.8 Å². The largest absolute Gasteiger partial charge is 0.458 e. The number of hydrogen-bond donors (Lipinski definition) is 0. The Kier molecular flexibility index (Phi) is 16.6. The molecule has 0 spiro atoms. The Morgan fingerprint density at radius 2 is 0.553 bits per heavy atom. The summed E-state index contributed by atoms with van der Waals surface area (Å²) in [6.45, 7) is -3.04. The molecule has 3 aromatic carbocycles. The minimum Gasteiger partial charge on any atom is -0.458 e. The molecule has 76 heavy (non-hydrogen) atoms. The average Bonchev–Trinajstić information content (AvgIpc) is 3.45. The van der Waals surface area contributed by atoms with Gasteiger partial charge in [0.1, 0.15) is 56.7 Å². The number of pyridine rings is 6. The van der Waals surface area contributed by atoms with Gasteiger partial charge in [-0.1, -0.05) is 91.0 Å². The molecule has 0 N–H and O–H groups in total. The van der Waals surface area contributed by atoms with Crippen molar-refractivity contribution in [3.05, 3.63) is 215 Å². The van der Waals surface area contributed by atoms with Crippen molar-refractivity contribution in [3.8, 4) is 0 Å². The summed E-state index contributed by atoms with van der Waals surface area (Å²) in [5.74, 6) is -4.36. The molecule has 0 unspecified atom stereocenters. The summed E-state index contributed by atoms with van der Waals surface area (Å²) in [4.78, 5) is 106. The zero-order valence-corrected chi connectivity index (χ0v) is 40.5. The van der Waals surface area contributed by atoms with Crippen LogP contribution in [-0.4, -0.2) is 90.3 Å². The summed E-state index contributed by atoms with van der Waals surface area (Å²) in [6.07, 6.45) is 0. The number of carbonyl (C=O) groups is 6. The standard InChI is InChI=1S/C57H45N7O12/c65-52(71-31-40-13-7-16-43(58-40)34-74-55(68)49-25-22-37-10-1-4-19-46(37)61-49)28-64(29-53(66)72-32-41-14-8-17-44(59-41)35-75-56(69)50-26-23-38-11-2-5-20-47(38)62-50)30-54(67)73-33-42-15-9-18-45(60-42)36-76-57(70)51-27-24-39-12-3-6-21-48(39)63-51/h1-27H,28-36H2. The number of ether oxygens (including phenoxy) is 6. The third kappa shape index (κ3) is 14.2. The van der Waals surface area contributed by atoms with Crippen molar-refractivity contribution in [2.24, 2.45) is 0 Å². The van der Waals surface area contributed by atoms with Gasteiger partial charge in [-0.05, 0) is 72.8 Å². The number of nitrogens with zero attached hydrogens (tertiary/aromatic N) is 7. The van der Waals surface area contributed by atoms with Crippen molar-refractivity contribution in [1.29, 1.82) is 0 Å². The second-order valence-electron chi connectivity index (χ2n) is 16.9. The molecule has 0 radical (unpaired) electrons. The van der Waals surface area contributed by atoms with Gasteiger partial charge in [0.2, 0.25) is 0 Å². The van der Waals surface area contributed by atoms with E-state index in [1.165, 1.54) is 4.90 Å². The zero-order chi connectivity index (χ0) is 52.6. The summed E-state index contributed by atoms with van der Waals surface area (Å²) in [7, 11) is 0. The van der Waals surface area contributed by atoms with Crippen LogP contribution >= 0.6 is 0 Å². The number of para-hydroxylation sites is 3. The molecule has 0 fully saturated rings. The van der Waals surface area contributed by atoms with Crippen molar-refractivity contribution in [2.45, 2.75) is 39.6 Å². The molecule has 380 valence electrons. The molecule has 0 aliphatic carbocycles.